The van der Waals surface area contributed by atoms with Crippen molar-refractivity contribution in [1.29, 1.82) is 0 Å². The average molecular weight is 453 g/mol. The van der Waals surface area contributed by atoms with Gasteiger partial charge in [0.15, 0.2) is 11.5 Å². The van der Waals surface area contributed by atoms with Crippen molar-refractivity contribution in [3.63, 3.8) is 0 Å². The van der Waals surface area contributed by atoms with Crippen LogP contribution in [0.25, 0.3) is 0 Å². The van der Waals surface area contributed by atoms with Gasteiger partial charge in [-0.1, -0.05) is 41.4 Å². The fourth-order valence-electron chi connectivity index (χ4n) is 2.75. The maximum absolute atomic E-state index is 12.5. The van der Waals surface area contributed by atoms with Gasteiger partial charge in [-0.3, -0.25) is 9.59 Å². The first kappa shape index (κ1) is 23.8. The molecule has 0 aromatic heterocycles. The number of ether oxygens (including phenoxy) is 2. The lowest BCUT2D eigenvalue weighted by molar-refractivity contribution is -0.134. The van der Waals surface area contributed by atoms with Crippen LogP contribution in [0.2, 0.25) is 10.0 Å². The number of carbonyl (C=O) groups excluding carboxylic acids is 2. The molecule has 0 heterocycles. The van der Waals surface area contributed by atoms with Crippen molar-refractivity contribution in [3.8, 4) is 11.5 Å². The van der Waals surface area contributed by atoms with Crippen LogP contribution in [0.1, 0.15) is 26.7 Å². The molecule has 0 aliphatic rings. The third-order valence-electron chi connectivity index (χ3n) is 4.24. The summed E-state index contributed by atoms with van der Waals surface area (Å²) in [5, 5.41) is 3.35. The molecule has 162 valence electrons. The number of hydrogen-bond acceptors (Lipinski definition) is 4. The molecule has 0 saturated carbocycles. The summed E-state index contributed by atoms with van der Waals surface area (Å²) in [6.07, 6.45) is 0.790. The molecule has 2 amide bonds. The second kappa shape index (κ2) is 12.3. The minimum absolute atomic E-state index is 0.0785. The van der Waals surface area contributed by atoms with Gasteiger partial charge in [-0.15, -0.1) is 0 Å². The predicted molar refractivity (Wildman–Crippen MR) is 120 cm³/mol. The summed E-state index contributed by atoms with van der Waals surface area (Å²) in [6.45, 7) is 4.98. The number of nitrogens with zero attached hydrogens (tertiary/aromatic N) is 1. The number of hydrogen-bond donors (Lipinski definition) is 1. The lowest BCUT2D eigenvalue weighted by Gasteiger charge is -2.21. The first-order valence-corrected chi connectivity index (χ1v) is 10.6. The molecule has 8 heteroatoms. The van der Waals surface area contributed by atoms with Crippen molar-refractivity contribution in [1.82, 2.24) is 4.90 Å². The van der Waals surface area contributed by atoms with E-state index in [1.165, 1.54) is 4.90 Å². The maximum atomic E-state index is 12.5. The highest BCUT2D eigenvalue weighted by Crippen LogP contribution is 2.29. The number of para-hydroxylation sites is 3. The van der Waals surface area contributed by atoms with E-state index in [0.717, 1.165) is 0 Å². The standard InChI is InChI=1S/C22H26Cl2N2O4/c1-3-26(15-20(27)25-22-16(23)9-7-10-17(22)24)21(28)13-8-14-30-19-12-6-5-11-18(19)29-4-2/h5-7,9-12H,3-4,8,13-15H2,1-2H3,(H,25,27). The molecule has 0 saturated heterocycles. The highest BCUT2D eigenvalue weighted by Gasteiger charge is 2.17. The molecule has 6 nitrogen and oxygen atoms in total. The molecule has 2 aromatic carbocycles. The minimum Gasteiger partial charge on any atom is -0.490 e. The van der Waals surface area contributed by atoms with Gasteiger partial charge in [0, 0.05) is 13.0 Å². The van der Waals surface area contributed by atoms with E-state index in [-0.39, 0.29) is 24.8 Å². The zero-order chi connectivity index (χ0) is 21.9. The molecule has 0 aliphatic heterocycles. The first-order valence-electron chi connectivity index (χ1n) is 9.82. The van der Waals surface area contributed by atoms with Crippen molar-refractivity contribution in [2.75, 3.05) is 31.6 Å². The smallest absolute Gasteiger partial charge is 0.244 e. The topological polar surface area (TPSA) is 67.9 Å². The van der Waals surface area contributed by atoms with Crippen LogP contribution in [0.5, 0.6) is 11.5 Å². The van der Waals surface area contributed by atoms with Gasteiger partial charge in [-0.2, -0.15) is 0 Å². The Kier molecular flexibility index (Phi) is 9.77. The highest BCUT2D eigenvalue weighted by molar-refractivity contribution is 6.39. The molecule has 0 aliphatic carbocycles. The summed E-state index contributed by atoms with van der Waals surface area (Å²) in [5.41, 5.74) is 0.343. The third kappa shape index (κ3) is 7.11. The van der Waals surface area contributed by atoms with Gasteiger partial charge in [0.05, 0.1) is 35.5 Å². The molecule has 0 bridgehead atoms. The zero-order valence-electron chi connectivity index (χ0n) is 17.1. The van der Waals surface area contributed by atoms with Crippen LogP contribution in [0.3, 0.4) is 0 Å². The van der Waals surface area contributed by atoms with Crippen molar-refractivity contribution in [2.24, 2.45) is 0 Å². The van der Waals surface area contributed by atoms with Crippen LogP contribution in [0.4, 0.5) is 5.69 Å². The molecular formula is C22H26Cl2N2O4. The van der Waals surface area contributed by atoms with Crippen LogP contribution < -0.4 is 14.8 Å². The lowest BCUT2D eigenvalue weighted by atomic mass is 10.2. The Morgan fingerprint density at radius 1 is 0.967 bits per heavy atom. The van der Waals surface area contributed by atoms with Gasteiger partial charge < -0.3 is 19.7 Å². The lowest BCUT2D eigenvalue weighted by Crippen LogP contribution is -2.38. The number of anilines is 1. The summed E-state index contributed by atoms with van der Waals surface area (Å²) < 4.78 is 11.3. The van der Waals surface area contributed by atoms with Crippen LogP contribution >= 0.6 is 23.2 Å². The monoisotopic (exact) mass is 452 g/mol. The predicted octanol–water partition coefficient (Wildman–Crippen LogP) is 5.04. The average Bonchev–Trinajstić information content (AvgIpc) is 2.73. The van der Waals surface area contributed by atoms with E-state index < -0.39 is 0 Å². The Balaban J connectivity index is 1.81. The van der Waals surface area contributed by atoms with Crippen LogP contribution in [-0.2, 0) is 9.59 Å². The number of likely N-dealkylation sites (N-methyl/N-ethyl adjacent to an activating group) is 1. The van der Waals surface area contributed by atoms with E-state index in [0.29, 0.717) is 53.4 Å². The van der Waals surface area contributed by atoms with Crippen molar-refractivity contribution in [3.05, 3.63) is 52.5 Å². The Morgan fingerprint density at radius 2 is 1.60 bits per heavy atom. The number of benzene rings is 2. The number of halogens is 2. The number of rotatable bonds is 11. The second-order valence-electron chi connectivity index (χ2n) is 6.38. The van der Waals surface area contributed by atoms with Crippen LogP contribution in [0.15, 0.2) is 42.5 Å². The molecule has 0 fully saturated rings. The molecule has 0 radical (unpaired) electrons. The Hall–Kier alpha value is -2.44. The van der Waals surface area contributed by atoms with Crippen LogP contribution in [0, 0.1) is 0 Å². The van der Waals surface area contributed by atoms with E-state index in [9.17, 15) is 9.59 Å². The van der Waals surface area contributed by atoms with Gasteiger partial charge >= 0.3 is 0 Å². The maximum Gasteiger partial charge on any atom is 0.244 e. The van der Waals surface area contributed by atoms with Gasteiger partial charge in [0.2, 0.25) is 11.8 Å². The number of nitrogens with one attached hydrogen (secondary N) is 1. The van der Waals surface area contributed by atoms with E-state index in [2.05, 4.69) is 5.32 Å². The van der Waals surface area contributed by atoms with Crippen molar-refractivity contribution >= 4 is 40.7 Å². The molecule has 1 N–H and O–H groups in total. The first-order chi connectivity index (χ1) is 14.5. The molecule has 30 heavy (non-hydrogen) atoms. The molecule has 2 rings (SSSR count). The normalized spacial score (nSPS) is 10.4. The Labute approximate surface area is 187 Å². The molecule has 0 atom stereocenters. The molecule has 0 spiro atoms. The molecular weight excluding hydrogens is 427 g/mol. The Bertz CT molecular complexity index is 841. The fraction of sp³-hybridized carbons (Fsp3) is 0.364. The van der Waals surface area contributed by atoms with Gasteiger partial charge in [-0.25, -0.2) is 0 Å². The van der Waals surface area contributed by atoms with E-state index in [4.69, 9.17) is 32.7 Å². The molecule has 0 unspecified atom stereocenters. The van der Waals surface area contributed by atoms with Crippen LogP contribution in [-0.4, -0.2) is 43.0 Å². The minimum atomic E-state index is -0.359. The summed E-state index contributed by atoms with van der Waals surface area (Å²) >= 11 is 12.1. The van der Waals surface area contributed by atoms with Gasteiger partial charge in [-0.05, 0) is 44.5 Å². The summed E-state index contributed by atoms with van der Waals surface area (Å²) in [5.74, 6) is 0.841. The SMILES string of the molecule is CCOc1ccccc1OCCCC(=O)N(CC)CC(=O)Nc1c(Cl)cccc1Cl. The number of carbonyl (C=O) groups is 2. The largest absolute Gasteiger partial charge is 0.490 e. The van der Waals surface area contributed by atoms with E-state index >= 15 is 0 Å². The van der Waals surface area contributed by atoms with E-state index in [1.807, 2.05) is 38.1 Å². The summed E-state index contributed by atoms with van der Waals surface area (Å²) in [4.78, 5) is 26.3. The zero-order valence-corrected chi connectivity index (χ0v) is 18.6. The fourth-order valence-corrected chi connectivity index (χ4v) is 3.25. The number of amides is 2. The summed E-state index contributed by atoms with van der Waals surface area (Å²) in [7, 11) is 0. The van der Waals surface area contributed by atoms with Crippen molar-refractivity contribution < 1.29 is 19.1 Å². The second-order valence-corrected chi connectivity index (χ2v) is 7.20. The third-order valence-corrected chi connectivity index (χ3v) is 4.87. The quantitative estimate of drug-likeness (QED) is 0.484. The Morgan fingerprint density at radius 3 is 2.20 bits per heavy atom. The molecule has 2 aromatic rings. The van der Waals surface area contributed by atoms with Gasteiger partial charge in [0.25, 0.3) is 0 Å². The van der Waals surface area contributed by atoms with Gasteiger partial charge in [0.1, 0.15) is 0 Å². The van der Waals surface area contributed by atoms with E-state index in [1.54, 1.807) is 18.2 Å². The van der Waals surface area contributed by atoms with Crippen molar-refractivity contribution in [2.45, 2.75) is 26.7 Å². The highest BCUT2D eigenvalue weighted by atomic mass is 35.5. The summed E-state index contributed by atoms with van der Waals surface area (Å²) in [6, 6.07) is 12.4.